The fourth-order valence-electron chi connectivity index (χ4n) is 1.29. The van der Waals surface area contributed by atoms with Crippen LogP contribution in [0.25, 0.3) is 5.32 Å². The van der Waals surface area contributed by atoms with Crippen molar-refractivity contribution in [3.63, 3.8) is 0 Å². The molecule has 0 N–H and O–H groups in total. The van der Waals surface area contributed by atoms with Gasteiger partial charge in [-0.2, -0.15) is 0 Å². The van der Waals surface area contributed by atoms with E-state index in [0.29, 0.717) is 5.41 Å². The van der Waals surface area contributed by atoms with E-state index in [1.165, 1.54) is 6.42 Å². The SMILES string of the molecule is CC(C)(C)C1CC[N-]C1.[Y]. The zero-order chi connectivity index (χ0) is 6.91. The van der Waals surface area contributed by atoms with E-state index < -0.39 is 0 Å². The summed E-state index contributed by atoms with van der Waals surface area (Å²) in [5.74, 6) is 0.845. The minimum atomic E-state index is 0. The predicted molar refractivity (Wildman–Crippen MR) is 40.7 cm³/mol. The third kappa shape index (κ3) is 2.98. The summed E-state index contributed by atoms with van der Waals surface area (Å²) in [5, 5.41) is 4.33. The van der Waals surface area contributed by atoms with Crippen molar-refractivity contribution in [1.29, 1.82) is 0 Å². The Morgan fingerprint density at radius 1 is 1.30 bits per heavy atom. The second-order valence-electron chi connectivity index (χ2n) is 3.98. The van der Waals surface area contributed by atoms with Crippen LogP contribution < -0.4 is 0 Å². The summed E-state index contributed by atoms with van der Waals surface area (Å²) in [4.78, 5) is 0. The number of rotatable bonds is 0. The van der Waals surface area contributed by atoms with Gasteiger partial charge in [0.15, 0.2) is 0 Å². The molecule has 1 radical (unpaired) electrons. The molecule has 0 aromatic carbocycles. The van der Waals surface area contributed by atoms with Crippen molar-refractivity contribution < 1.29 is 32.7 Å². The molecule has 1 heterocycles. The standard InChI is InChI=1S/C8H16N.Y/c1-8(2,3)7-4-5-9-6-7;/h7H,4-6H2,1-3H3;/q-1;. The maximum Gasteiger partial charge on any atom is 0 e. The fraction of sp³-hybridized carbons (Fsp3) is 1.00. The third-order valence-corrected chi connectivity index (χ3v) is 2.21. The molecular weight excluding hydrogens is 199 g/mol. The van der Waals surface area contributed by atoms with Gasteiger partial charge in [0, 0.05) is 32.7 Å². The average molecular weight is 215 g/mol. The summed E-state index contributed by atoms with van der Waals surface area (Å²) in [5.41, 5.74) is 0.486. The van der Waals surface area contributed by atoms with Crippen LogP contribution in [0.15, 0.2) is 0 Å². The first kappa shape index (κ1) is 11.1. The van der Waals surface area contributed by atoms with Gasteiger partial charge in [-0.25, -0.2) is 0 Å². The van der Waals surface area contributed by atoms with Gasteiger partial charge in [0.1, 0.15) is 0 Å². The van der Waals surface area contributed by atoms with Gasteiger partial charge in [0.25, 0.3) is 0 Å². The molecule has 1 aliphatic rings. The van der Waals surface area contributed by atoms with Crippen LogP contribution in [0.5, 0.6) is 0 Å². The van der Waals surface area contributed by atoms with Gasteiger partial charge in [0.2, 0.25) is 0 Å². The zero-order valence-corrected chi connectivity index (χ0v) is 10.1. The Morgan fingerprint density at radius 3 is 2.10 bits per heavy atom. The molecule has 1 saturated heterocycles. The van der Waals surface area contributed by atoms with E-state index in [-0.39, 0.29) is 32.7 Å². The molecule has 1 nitrogen and oxygen atoms in total. The van der Waals surface area contributed by atoms with Crippen LogP contribution in [0.1, 0.15) is 27.2 Å². The van der Waals surface area contributed by atoms with Gasteiger partial charge < -0.3 is 5.32 Å². The van der Waals surface area contributed by atoms with Crippen LogP contribution >= 0.6 is 0 Å². The monoisotopic (exact) mass is 215 g/mol. The maximum atomic E-state index is 4.33. The molecule has 1 fully saturated rings. The molecule has 1 unspecified atom stereocenters. The van der Waals surface area contributed by atoms with E-state index in [4.69, 9.17) is 0 Å². The molecule has 0 bridgehead atoms. The minimum absolute atomic E-state index is 0. The number of hydrogen-bond acceptors (Lipinski definition) is 0. The van der Waals surface area contributed by atoms with Crippen molar-refractivity contribution in [2.45, 2.75) is 27.2 Å². The van der Waals surface area contributed by atoms with Crippen molar-refractivity contribution in [2.24, 2.45) is 11.3 Å². The molecule has 1 atom stereocenters. The van der Waals surface area contributed by atoms with E-state index in [1.54, 1.807) is 0 Å². The van der Waals surface area contributed by atoms with E-state index in [2.05, 4.69) is 26.1 Å². The third-order valence-electron chi connectivity index (χ3n) is 2.21. The van der Waals surface area contributed by atoms with Gasteiger partial charge in [-0.15, -0.1) is 13.1 Å². The van der Waals surface area contributed by atoms with Crippen molar-refractivity contribution in [3.05, 3.63) is 5.32 Å². The van der Waals surface area contributed by atoms with Crippen LogP contribution in [0.3, 0.4) is 0 Å². The smallest absolute Gasteiger partial charge is 0 e. The first-order chi connectivity index (χ1) is 4.11. The molecule has 1 aliphatic heterocycles. The second-order valence-corrected chi connectivity index (χ2v) is 3.98. The van der Waals surface area contributed by atoms with Gasteiger partial charge in [-0.3, -0.25) is 0 Å². The van der Waals surface area contributed by atoms with Crippen LogP contribution in [0.2, 0.25) is 0 Å². The number of nitrogens with zero attached hydrogens (tertiary/aromatic N) is 1. The largest absolute Gasteiger partial charge is 0.662 e. The minimum Gasteiger partial charge on any atom is -0.662 e. The Hall–Kier alpha value is 1.06. The Bertz CT molecular complexity index is 89.9. The number of hydrogen-bond donors (Lipinski definition) is 0. The summed E-state index contributed by atoms with van der Waals surface area (Å²) >= 11 is 0. The fourth-order valence-corrected chi connectivity index (χ4v) is 1.29. The van der Waals surface area contributed by atoms with Crippen molar-refractivity contribution in [2.75, 3.05) is 13.1 Å². The van der Waals surface area contributed by atoms with E-state index in [9.17, 15) is 0 Å². The molecule has 0 aliphatic carbocycles. The Morgan fingerprint density at radius 2 is 1.90 bits per heavy atom. The summed E-state index contributed by atoms with van der Waals surface area (Å²) in [6.45, 7) is 9.11. The molecule has 2 heteroatoms. The molecule has 0 spiro atoms. The Labute approximate surface area is 89.2 Å². The van der Waals surface area contributed by atoms with Gasteiger partial charge in [0.05, 0.1) is 0 Å². The van der Waals surface area contributed by atoms with Crippen molar-refractivity contribution in [3.8, 4) is 0 Å². The molecule has 0 amide bonds. The van der Waals surface area contributed by atoms with Crippen LogP contribution in [0, 0.1) is 11.3 Å². The molecule has 10 heavy (non-hydrogen) atoms. The normalized spacial score (nSPS) is 26.1. The summed E-state index contributed by atoms with van der Waals surface area (Å²) in [6, 6.07) is 0. The first-order valence-corrected chi connectivity index (χ1v) is 3.74. The van der Waals surface area contributed by atoms with Crippen molar-refractivity contribution in [1.82, 2.24) is 0 Å². The predicted octanol–water partition coefficient (Wildman–Crippen LogP) is 2.42. The van der Waals surface area contributed by atoms with E-state index in [0.717, 1.165) is 19.0 Å². The molecule has 57 valence electrons. The van der Waals surface area contributed by atoms with Gasteiger partial charge >= 0.3 is 0 Å². The molecule has 0 aromatic heterocycles. The summed E-state index contributed by atoms with van der Waals surface area (Å²) in [7, 11) is 0. The quantitative estimate of drug-likeness (QED) is 0.589. The topological polar surface area (TPSA) is 14.1 Å². The van der Waals surface area contributed by atoms with Gasteiger partial charge in [-0.1, -0.05) is 33.1 Å². The molecule has 0 aromatic rings. The van der Waals surface area contributed by atoms with E-state index in [1.807, 2.05) is 0 Å². The zero-order valence-electron chi connectivity index (χ0n) is 7.22. The van der Waals surface area contributed by atoms with Crippen LogP contribution in [0.4, 0.5) is 0 Å². The van der Waals surface area contributed by atoms with Crippen LogP contribution in [-0.2, 0) is 32.7 Å². The molecule has 0 saturated carbocycles. The van der Waals surface area contributed by atoms with E-state index >= 15 is 0 Å². The molecular formula is C8H16NY-. The summed E-state index contributed by atoms with van der Waals surface area (Å²) in [6.07, 6.45) is 1.31. The average Bonchev–Trinajstić information content (AvgIpc) is 2.08. The summed E-state index contributed by atoms with van der Waals surface area (Å²) < 4.78 is 0. The van der Waals surface area contributed by atoms with Crippen LogP contribution in [-0.4, -0.2) is 13.1 Å². The van der Waals surface area contributed by atoms with Gasteiger partial charge in [-0.05, 0) is 5.41 Å². The molecule has 1 rings (SSSR count). The second kappa shape index (κ2) is 4.18. The first-order valence-electron chi connectivity index (χ1n) is 3.74. The van der Waals surface area contributed by atoms with Crippen molar-refractivity contribution >= 4 is 0 Å². The maximum absolute atomic E-state index is 4.33. The Balaban J connectivity index is 0.000000810. The Kier molecular flexibility index (Phi) is 4.62.